The third-order valence-corrected chi connectivity index (χ3v) is 2.91. The molecule has 2 N–H and O–H groups in total. The third kappa shape index (κ3) is 3.29. The molecule has 0 bridgehead atoms. The van der Waals surface area contributed by atoms with E-state index >= 15 is 0 Å². The fourth-order valence-electron chi connectivity index (χ4n) is 1.80. The molecule has 0 heterocycles. The van der Waals surface area contributed by atoms with Gasteiger partial charge in [0.05, 0.1) is 0 Å². The first-order chi connectivity index (χ1) is 9.22. The summed E-state index contributed by atoms with van der Waals surface area (Å²) in [6.07, 6.45) is 0.485. The van der Waals surface area contributed by atoms with Gasteiger partial charge < -0.3 is 5.43 Å². The average molecular weight is 262 g/mol. The molecule has 0 amide bonds. The Labute approximate surface area is 111 Å². The number of hydrazine groups is 1. The molecular weight excluding hydrogens is 246 g/mol. The Hall–Kier alpha value is -1.94. The molecule has 0 aliphatic rings. The maximum Gasteiger partial charge on any atom is 0.163 e. The highest BCUT2D eigenvalue weighted by molar-refractivity contribution is 5.41. The molecule has 0 spiro atoms. The number of benzene rings is 2. The minimum atomic E-state index is -0.776. The fraction of sp³-hybridized carbons (Fsp3) is 0.200. The number of para-hydroxylation sites is 1. The van der Waals surface area contributed by atoms with Crippen molar-refractivity contribution in [1.82, 2.24) is 5.43 Å². The van der Waals surface area contributed by atoms with Crippen molar-refractivity contribution in [2.24, 2.45) is 0 Å². The Morgan fingerprint density at radius 3 is 2.21 bits per heavy atom. The van der Waals surface area contributed by atoms with Crippen molar-refractivity contribution < 1.29 is 8.78 Å². The van der Waals surface area contributed by atoms with Crippen LogP contribution in [0.5, 0.6) is 0 Å². The van der Waals surface area contributed by atoms with Crippen molar-refractivity contribution in [2.75, 3.05) is 5.43 Å². The first kappa shape index (κ1) is 13.5. The van der Waals surface area contributed by atoms with Gasteiger partial charge in [0.1, 0.15) is 0 Å². The molecule has 0 radical (unpaired) electrons. The van der Waals surface area contributed by atoms with Crippen LogP contribution in [0, 0.1) is 11.6 Å². The lowest BCUT2D eigenvalue weighted by atomic mass is 10.1. The molecule has 2 aromatic rings. The van der Waals surface area contributed by atoms with Gasteiger partial charge in [-0.1, -0.05) is 37.3 Å². The van der Waals surface area contributed by atoms with Gasteiger partial charge in [0.15, 0.2) is 11.6 Å². The molecule has 0 saturated carbocycles. The van der Waals surface area contributed by atoms with Crippen LogP contribution in [0.1, 0.15) is 18.1 Å². The van der Waals surface area contributed by atoms with Gasteiger partial charge >= 0.3 is 0 Å². The van der Waals surface area contributed by atoms with Crippen LogP contribution in [-0.2, 0) is 13.0 Å². The molecule has 2 nitrogen and oxygen atoms in total. The summed E-state index contributed by atoms with van der Waals surface area (Å²) in [7, 11) is 0. The van der Waals surface area contributed by atoms with E-state index in [2.05, 4.69) is 10.9 Å². The number of rotatable bonds is 5. The first-order valence-corrected chi connectivity index (χ1v) is 6.22. The second-order valence-electron chi connectivity index (χ2n) is 4.21. The van der Waals surface area contributed by atoms with Crippen LogP contribution < -0.4 is 10.9 Å². The molecule has 0 aliphatic heterocycles. The normalized spacial score (nSPS) is 10.5. The van der Waals surface area contributed by atoms with E-state index in [1.165, 1.54) is 0 Å². The second-order valence-corrected chi connectivity index (χ2v) is 4.21. The van der Waals surface area contributed by atoms with Gasteiger partial charge in [-0.05, 0) is 24.1 Å². The van der Waals surface area contributed by atoms with Crippen molar-refractivity contribution in [2.45, 2.75) is 19.9 Å². The molecule has 0 aromatic heterocycles. The molecule has 2 aromatic carbocycles. The quantitative estimate of drug-likeness (QED) is 0.804. The summed E-state index contributed by atoms with van der Waals surface area (Å²) in [6, 6.07) is 12.7. The molecular formula is C15H16F2N2. The standard InChI is InChI=1S/C15H16F2N2/c1-2-11-8-9-12(15(17)14(11)16)10-18-19-13-6-4-3-5-7-13/h3-9,18-19H,2,10H2,1H3. The first-order valence-electron chi connectivity index (χ1n) is 6.22. The van der Waals surface area contributed by atoms with E-state index < -0.39 is 11.6 Å². The second kappa shape index (κ2) is 6.29. The summed E-state index contributed by atoms with van der Waals surface area (Å²) >= 11 is 0. The highest BCUT2D eigenvalue weighted by atomic mass is 19.2. The Kier molecular flexibility index (Phi) is 4.47. The Balaban J connectivity index is 1.99. The molecule has 0 saturated heterocycles. The van der Waals surface area contributed by atoms with E-state index in [0.717, 1.165) is 5.69 Å². The molecule has 0 aliphatic carbocycles. The lowest BCUT2D eigenvalue weighted by Crippen LogP contribution is -2.21. The van der Waals surface area contributed by atoms with Crippen LogP contribution in [0.15, 0.2) is 42.5 Å². The third-order valence-electron chi connectivity index (χ3n) is 2.91. The number of anilines is 1. The minimum absolute atomic E-state index is 0.210. The van der Waals surface area contributed by atoms with E-state index in [-0.39, 0.29) is 6.54 Å². The maximum atomic E-state index is 13.7. The Morgan fingerprint density at radius 2 is 1.53 bits per heavy atom. The molecule has 0 atom stereocenters. The lowest BCUT2D eigenvalue weighted by Gasteiger charge is -2.10. The molecule has 2 rings (SSSR count). The Bertz CT molecular complexity index is 541. The predicted molar refractivity (Wildman–Crippen MR) is 72.6 cm³/mol. The van der Waals surface area contributed by atoms with Crippen LogP contribution in [0.2, 0.25) is 0 Å². The largest absolute Gasteiger partial charge is 0.321 e. The van der Waals surface area contributed by atoms with Gasteiger partial charge in [0.25, 0.3) is 0 Å². The number of halogens is 2. The summed E-state index contributed by atoms with van der Waals surface area (Å²) in [5, 5.41) is 0. The van der Waals surface area contributed by atoms with Gasteiger partial charge in [-0.25, -0.2) is 14.2 Å². The van der Waals surface area contributed by atoms with Crippen LogP contribution in [0.25, 0.3) is 0 Å². The summed E-state index contributed by atoms with van der Waals surface area (Å²) < 4.78 is 27.3. The molecule has 100 valence electrons. The highest BCUT2D eigenvalue weighted by Gasteiger charge is 2.11. The summed E-state index contributed by atoms with van der Waals surface area (Å²) in [4.78, 5) is 0. The number of aryl methyl sites for hydroxylation is 1. The summed E-state index contributed by atoms with van der Waals surface area (Å²) in [6.45, 7) is 2.01. The van der Waals surface area contributed by atoms with Crippen molar-refractivity contribution in [3.63, 3.8) is 0 Å². The van der Waals surface area contributed by atoms with Gasteiger partial charge in [-0.15, -0.1) is 0 Å². The van der Waals surface area contributed by atoms with Crippen LogP contribution >= 0.6 is 0 Å². The van der Waals surface area contributed by atoms with Crippen molar-refractivity contribution >= 4 is 5.69 Å². The SMILES string of the molecule is CCc1ccc(CNNc2ccccc2)c(F)c1F. The van der Waals surface area contributed by atoms with E-state index in [1.807, 2.05) is 30.3 Å². The topological polar surface area (TPSA) is 24.1 Å². The number of hydrogen-bond donors (Lipinski definition) is 2. The zero-order valence-electron chi connectivity index (χ0n) is 10.7. The lowest BCUT2D eigenvalue weighted by molar-refractivity contribution is 0.487. The monoisotopic (exact) mass is 262 g/mol. The Morgan fingerprint density at radius 1 is 0.895 bits per heavy atom. The number of hydrogen-bond acceptors (Lipinski definition) is 2. The average Bonchev–Trinajstić information content (AvgIpc) is 2.45. The molecule has 0 fully saturated rings. The zero-order chi connectivity index (χ0) is 13.7. The predicted octanol–water partition coefficient (Wildman–Crippen LogP) is 3.64. The summed E-state index contributed by atoms with van der Waals surface area (Å²) in [5.74, 6) is -1.52. The van der Waals surface area contributed by atoms with E-state index in [4.69, 9.17) is 0 Å². The van der Waals surface area contributed by atoms with Gasteiger partial charge in [0, 0.05) is 17.8 Å². The van der Waals surface area contributed by atoms with E-state index in [0.29, 0.717) is 17.5 Å². The minimum Gasteiger partial charge on any atom is -0.321 e. The van der Waals surface area contributed by atoms with Gasteiger partial charge in [-0.3, -0.25) is 0 Å². The van der Waals surface area contributed by atoms with E-state index in [9.17, 15) is 8.78 Å². The smallest absolute Gasteiger partial charge is 0.163 e. The van der Waals surface area contributed by atoms with Crippen LogP contribution in [0.4, 0.5) is 14.5 Å². The van der Waals surface area contributed by atoms with E-state index in [1.54, 1.807) is 19.1 Å². The van der Waals surface area contributed by atoms with Gasteiger partial charge in [-0.2, -0.15) is 0 Å². The van der Waals surface area contributed by atoms with Crippen LogP contribution in [-0.4, -0.2) is 0 Å². The van der Waals surface area contributed by atoms with Crippen molar-refractivity contribution in [3.8, 4) is 0 Å². The molecule has 4 heteroatoms. The van der Waals surface area contributed by atoms with Crippen LogP contribution in [0.3, 0.4) is 0 Å². The molecule has 19 heavy (non-hydrogen) atoms. The summed E-state index contributed by atoms with van der Waals surface area (Å²) in [5.41, 5.74) is 7.37. The molecule has 0 unspecified atom stereocenters. The number of nitrogens with one attached hydrogen (secondary N) is 2. The van der Waals surface area contributed by atoms with Crippen molar-refractivity contribution in [3.05, 3.63) is 65.2 Å². The maximum absolute atomic E-state index is 13.7. The van der Waals surface area contributed by atoms with Crippen molar-refractivity contribution in [1.29, 1.82) is 0 Å². The highest BCUT2D eigenvalue weighted by Crippen LogP contribution is 2.16. The van der Waals surface area contributed by atoms with Gasteiger partial charge in [0.2, 0.25) is 0 Å². The zero-order valence-corrected chi connectivity index (χ0v) is 10.7. The fourth-order valence-corrected chi connectivity index (χ4v) is 1.80.